The molecule has 0 amide bonds. The van der Waals surface area contributed by atoms with Gasteiger partial charge in [0.2, 0.25) is 0 Å². The van der Waals surface area contributed by atoms with Gasteiger partial charge in [-0.1, -0.05) is 46.6 Å². The van der Waals surface area contributed by atoms with Gasteiger partial charge >= 0.3 is 0 Å². The minimum absolute atomic E-state index is 0.0521. The van der Waals surface area contributed by atoms with Crippen molar-refractivity contribution in [1.82, 2.24) is 0 Å². The first-order chi connectivity index (χ1) is 7.04. The van der Waals surface area contributed by atoms with E-state index in [-0.39, 0.29) is 5.78 Å². The number of Topliss-reactive ketones (excluding diaryl/α,β-unsaturated/α-hetero) is 1. The highest BCUT2D eigenvalue weighted by Gasteiger charge is 2.11. The minimum Gasteiger partial charge on any atom is -0.294 e. The van der Waals surface area contributed by atoms with Crippen LogP contribution < -0.4 is 0 Å². The fraction of sp³-hybridized carbons (Fsp3) is 0.250. The predicted octanol–water partition coefficient (Wildman–Crippen LogP) is 4.64. The maximum Gasteiger partial charge on any atom is 0.168 e. The summed E-state index contributed by atoms with van der Waals surface area (Å²) in [5.74, 6) is 0.0521. The molecule has 0 N–H and O–H groups in total. The first-order valence-corrected chi connectivity index (χ1v) is 5.86. The standard InChI is InChI=1S/C12H12BrClO/c1-3-8(2)6-12(15)10-7-9(14)4-5-11(10)13/h4-5,7H,2-3,6H2,1H3. The van der Waals surface area contributed by atoms with Crippen molar-refractivity contribution in [3.63, 3.8) is 0 Å². The highest BCUT2D eigenvalue weighted by Crippen LogP contribution is 2.23. The van der Waals surface area contributed by atoms with Crippen LogP contribution in [-0.2, 0) is 0 Å². The average molecular weight is 288 g/mol. The molecule has 0 bridgehead atoms. The molecular formula is C12H12BrClO. The van der Waals surface area contributed by atoms with Crippen LogP contribution >= 0.6 is 27.5 Å². The molecule has 1 aromatic carbocycles. The molecule has 0 saturated heterocycles. The summed E-state index contributed by atoms with van der Waals surface area (Å²) in [5, 5.41) is 0.573. The third-order valence-electron chi connectivity index (χ3n) is 2.14. The van der Waals surface area contributed by atoms with Crippen molar-refractivity contribution in [1.29, 1.82) is 0 Å². The van der Waals surface area contributed by atoms with Crippen LogP contribution in [-0.4, -0.2) is 5.78 Å². The SMILES string of the molecule is C=C(CC)CC(=O)c1cc(Cl)ccc1Br. The molecule has 3 heteroatoms. The van der Waals surface area contributed by atoms with Crippen LogP contribution in [0.25, 0.3) is 0 Å². The van der Waals surface area contributed by atoms with Crippen LogP contribution in [0.4, 0.5) is 0 Å². The Bertz CT molecular complexity index is 399. The second-order valence-corrected chi connectivity index (χ2v) is 4.62. The fourth-order valence-corrected chi connectivity index (χ4v) is 1.80. The van der Waals surface area contributed by atoms with Crippen LogP contribution in [0.5, 0.6) is 0 Å². The van der Waals surface area contributed by atoms with E-state index < -0.39 is 0 Å². The van der Waals surface area contributed by atoms with Crippen molar-refractivity contribution in [2.45, 2.75) is 19.8 Å². The van der Waals surface area contributed by atoms with E-state index in [0.717, 1.165) is 16.5 Å². The second-order valence-electron chi connectivity index (χ2n) is 3.33. The summed E-state index contributed by atoms with van der Waals surface area (Å²) in [6, 6.07) is 5.21. The van der Waals surface area contributed by atoms with Gasteiger partial charge in [-0.15, -0.1) is 0 Å². The zero-order valence-corrected chi connectivity index (χ0v) is 10.9. The van der Waals surface area contributed by atoms with Gasteiger partial charge in [-0.2, -0.15) is 0 Å². The Morgan fingerprint density at radius 2 is 2.20 bits per heavy atom. The second kappa shape index (κ2) is 5.47. The van der Waals surface area contributed by atoms with E-state index in [9.17, 15) is 4.79 Å². The lowest BCUT2D eigenvalue weighted by Crippen LogP contribution is -2.01. The number of carbonyl (C=O) groups excluding carboxylic acids is 1. The van der Waals surface area contributed by atoms with Crippen molar-refractivity contribution < 1.29 is 4.79 Å². The molecule has 0 aliphatic carbocycles. The largest absolute Gasteiger partial charge is 0.294 e. The van der Waals surface area contributed by atoms with Crippen LogP contribution in [0.3, 0.4) is 0 Å². The summed E-state index contributed by atoms with van der Waals surface area (Å²) in [7, 11) is 0. The zero-order valence-electron chi connectivity index (χ0n) is 8.52. The fourth-order valence-electron chi connectivity index (χ4n) is 1.16. The minimum atomic E-state index is 0.0521. The van der Waals surface area contributed by atoms with Gasteiger partial charge in [0.05, 0.1) is 0 Å². The topological polar surface area (TPSA) is 17.1 Å². The Hall–Kier alpha value is -0.600. The van der Waals surface area contributed by atoms with Gasteiger partial charge in [-0.3, -0.25) is 4.79 Å². The Balaban J connectivity index is 2.91. The van der Waals surface area contributed by atoms with Gasteiger partial charge in [0.25, 0.3) is 0 Å². The van der Waals surface area contributed by atoms with Crippen molar-refractivity contribution in [3.05, 3.63) is 45.4 Å². The Labute approximate surface area is 103 Å². The van der Waals surface area contributed by atoms with E-state index in [0.29, 0.717) is 17.0 Å². The monoisotopic (exact) mass is 286 g/mol. The lowest BCUT2D eigenvalue weighted by Gasteiger charge is -2.05. The number of ketones is 1. The molecule has 1 rings (SSSR count). The van der Waals surface area contributed by atoms with Crippen molar-refractivity contribution in [2.24, 2.45) is 0 Å². The molecule has 0 atom stereocenters. The summed E-state index contributed by atoms with van der Waals surface area (Å²) >= 11 is 9.17. The maximum absolute atomic E-state index is 11.8. The van der Waals surface area contributed by atoms with Crippen molar-refractivity contribution in [3.8, 4) is 0 Å². The van der Waals surface area contributed by atoms with Crippen LogP contribution in [0, 0.1) is 0 Å². The molecule has 0 aliphatic heterocycles. The molecule has 0 radical (unpaired) electrons. The molecule has 0 saturated carbocycles. The number of rotatable bonds is 4. The van der Waals surface area contributed by atoms with E-state index in [1.165, 1.54) is 0 Å². The molecule has 0 heterocycles. The van der Waals surface area contributed by atoms with Crippen molar-refractivity contribution in [2.75, 3.05) is 0 Å². The molecular weight excluding hydrogens is 275 g/mol. The highest BCUT2D eigenvalue weighted by atomic mass is 79.9. The van der Waals surface area contributed by atoms with Crippen LogP contribution in [0.2, 0.25) is 5.02 Å². The molecule has 0 aliphatic rings. The number of hydrogen-bond donors (Lipinski definition) is 0. The molecule has 0 aromatic heterocycles. The van der Waals surface area contributed by atoms with E-state index in [4.69, 9.17) is 11.6 Å². The number of benzene rings is 1. The molecule has 80 valence electrons. The summed E-state index contributed by atoms with van der Waals surface area (Å²) in [5.41, 5.74) is 1.56. The van der Waals surface area contributed by atoms with E-state index in [1.54, 1.807) is 18.2 Å². The maximum atomic E-state index is 11.8. The van der Waals surface area contributed by atoms with E-state index >= 15 is 0 Å². The Morgan fingerprint density at radius 1 is 1.53 bits per heavy atom. The normalized spacial score (nSPS) is 10.1. The Kier molecular flexibility index (Phi) is 4.55. The van der Waals surface area contributed by atoms with Gasteiger partial charge in [0.1, 0.15) is 0 Å². The number of halogens is 2. The van der Waals surface area contributed by atoms with Crippen LogP contribution in [0.15, 0.2) is 34.8 Å². The van der Waals surface area contributed by atoms with Gasteiger partial charge < -0.3 is 0 Å². The van der Waals surface area contributed by atoms with Gasteiger partial charge in [0, 0.05) is 21.5 Å². The molecule has 0 spiro atoms. The highest BCUT2D eigenvalue weighted by molar-refractivity contribution is 9.10. The number of allylic oxidation sites excluding steroid dienone is 1. The van der Waals surface area contributed by atoms with E-state index in [1.807, 2.05) is 6.92 Å². The average Bonchev–Trinajstić information content (AvgIpc) is 2.21. The predicted molar refractivity (Wildman–Crippen MR) is 67.5 cm³/mol. The molecule has 15 heavy (non-hydrogen) atoms. The molecule has 0 unspecified atom stereocenters. The quantitative estimate of drug-likeness (QED) is 0.582. The first-order valence-electron chi connectivity index (χ1n) is 4.69. The summed E-state index contributed by atoms with van der Waals surface area (Å²) in [6.45, 7) is 5.81. The number of carbonyl (C=O) groups is 1. The summed E-state index contributed by atoms with van der Waals surface area (Å²) < 4.78 is 0.779. The van der Waals surface area contributed by atoms with Crippen molar-refractivity contribution >= 4 is 33.3 Å². The van der Waals surface area contributed by atoms with Crippen LogP contribution in [0.1, 0.15) is 30.1 Å². The summed E-state index contributed by atoms with van der Waals surface area (Å²) in [4.78, 5) is 11.8. The van der Waals surface area contributed by atoms with Gasteiger partial charge in [0.15, 0.2) is 5.78 Å². The first kappa shape index (κ1) is 12.5. The third kappa shape index (κ3) is 3.47. The van der Waals surface area contributed by atoms with Gasteiger partial charge in [-0.05, 0) is 24.6 Å². The number of hydrogen-bond acceptors (Lipinski definition) is 1. The lowest BCUT2D eigenvalue weighted by molar-refractivity contribution is 0.0991. The Morgan fingerprint density at radius 3 is 2.80 bits per heavy atom. The third-order valence-corrected chi connectivity index (χ3v) is 3.07. The molecule has 0 fully saturated rings. The lowest BCUT2D eigenvalue weighted by atomic mass is 10.0. The van der Waals surface area contributed by atoms with Gasteiger partial charge in [-0.25, -0.2) is 0 Å². The molecule has 1 nitrogen and oxygen atoms in total. The molecule has 1 aromatic rings. The zero-order chi connectivity index (χ0) is 11.4. The summed E-state index contributed by atoms with van der Waals surface area (Å²) in [6.07, 6.45) is 1.21. The smallest absolute Gasteiger partial charge is 0.168 e. The van der Waals surface area contributed by atoms with E-state index in [2.05, 4.69) is 22.5 Å².